The summed E-state index contributed by atoms with van der Waals surface area (Å²) in [5, 5.41) is 3.24. The van der Waals surface area contributed by atoms with Gasteiger partial charge in [0.05, 0.1) is 0 Å². The summed E-state index contributed by atoms with van der Waals surface area (Å²) >= 11 is 6.17. The molecule has 0 saturated heterocycles. The summed E-state index contributed by atoms with van der Waals surface area (Å²) in [4.78, 5) is 13.7. The lowest BCUT2D eigenvalue weighted by atomic mass is 9.42. The third kappa shape index (κ3) is 3.26. The zero-order valence-corrected chi connectivity index (χ0v) is 18.4. The number of carbonyl (C=O) groups excluding carboxylic acids is 1. The average Bonchev–Trinajstić information content (AvgIpc) is 2.77. The van der Waals surface area contributed by atoms with Crippen molar-refractivity contribution >= 4 is 34.2 Å². The summed E-state index contributed by atoms with van der Waals surface area (Å²) in [5.41, 5.74) is 2.46. The summed E-state index contributed by atoms with van der Waals surface area (Å²) in [6, 6.07) is 23.2. The van der Waals surface area contributed by atoms with Gasteiger partial charge in [0.2, 0.25) is 0 Å². The SMILES string of the molecule is O=C(C=Cc1ccc2ccccc2c1)C12CC3CC(C1)CC(c1ccc(Cl)cc1)(C3)C2. The zero-order valence-electron chi connectivity index (χ0n) is 17.7. The Morgan fingerprint density at radius 1 is 0.871 bits per heavy atom. The highest BCUT2D eigenvalue weighted by Crippen LogP contribution is 2.66. The lowest BCUT2D eigenvalue weighted by Crippen LogP contribution is -2.56. The Hall–Kier alpha value is -2.38. The van der Waals surface area contributed by atoms with Crippen LogP contribution >= 0.6 is 11.6 Å². The van der Waals surface area contributed by atoms with E-state index in [1.165, 1.54) is 35.6 Å². The maximum Gasteiger partial charge on any atom is 0.161 e. The van der Waals surface area contributed by atoms with Crippen LogP contribution in [0.1, 0.15) is 49.7 Å². The molecule has 1 nitrogen and oxygen atoms in total. The van der Waals surface area contributed by atoms with Crippen LogP contribution in [0.4, 0.5) is 0 Å². The Morgan fingerprint density at radius 2 is 1.58 bits per heavy atom. The molecule has 0 amide bonds. The number of rotatable bonds is 4. The third-order valence-electron chi connectivity index (χ3n) is 8.24. The molecule has 2 heteroatoms. The van der Waals surface area contributed by atoms with Crippen LogP contribution in [0, 0.1) is 17.3 Å². The van der Waals surface area contributed by atoms with E-state index < -0.39 is 0 Å². The van der Waals surface area contributed by atoms with Gasteiger partial charge in [-0.2, -0.15) is 0 Å². The van der Waals surface area contributed by atoms with Gasteiger partial charge < -0.3 is 0 Å². The van der Waals surface area contributed by atoms with E-state index in [9.17, 15) is 4.79 Å². The topological polar surface area (TPSA) is 17.1 Å². The number of halogens is 1. The number of benzene rings is 3. The van der Waals surface area contributed by atoms with Crippen molar-refractivity contribution in [3.05, 3.63) is 89.0 Å². The molecule has 31 heavy (non-hydrogen) atoms. The number of ketones is 1. The van der Waals surface area contributed by atoms with Crippen molar-refractivity contribution < 1.29 is 4.79 Å². The van der Waals surface area contributed by atoms with Crippen LogP contribution in [0.3, 0.4) is 0 Å². The Balaban J connectivity index is 1.31. The standard InChI is InChI=1S/C29H27ClO/c30-26-10-8-25(9-11-26)28-15-21-13-22(16-28)18-29(17-21,19-28)27(31)12-6-20-5-7-23-3-1-2-4-24(23)14-20/h1-12,14,21-22H,13,15-19H2. The summed E-state index contributed by atoms with van der Waals surface area (Å²) in [6.07, 6.45) is 10.8. The average molecular weight is 427 g/mol. The molecule has 4 saturated carbocycles. The molecule has 0 heterocycles. The van der Waals surface area contributed by atoms with Crippen molar-refractivity contribution in [1.82, 2.24) is 0 Å². The first-order valence-electron chi connectivity index (χ1n) is 11.5. The fourth-order valence-corrected chi connectivity index (χ4v) is 7.48. The lowest BCUT2D eigenvalue weighted by Gasteiger charge is -2.61. The number of hydrogen-bond acceptors (Lipinski definition) is 1. The first-order chi connectivity index (χ1) is 15.0. The quantitative estimate of drug-likeness (QED) is 0.392. The highest BCUT2D eigenvalue weighted by atomic mass is 35.5. The van der Waals surface area contributed by atoms with Crippen LogP contribution in [0.2, 0.25) is 5.02 Å². The van der Waals surface area contributed by atoms with Gasteiger partial charge in [-0.1, -0.05) is 66.2 Å². The molecule has 156 valence electrons. The van der Waals surface area contributed by atoms with E-state index in [4.69, 9.17) is 11.6 Å². The van der Waals surface area contributed by atoms with Gasteiger partial charge in [0.15, 0.2) is 5.78 Å². The fraction of sp³-hybridized carbons (Fsp3) is 0.345. The molecule has 3 aromatic rings. The van der Waals surface area contributed by atoms with Crippen molar-refractivity contribution in [1.29, 1.82) is 0 Å². The monoisotopic (exact) mass is 426 g/mol. The molecule has 4 fully saturated rings. The summed E-state index contributed by atoms with van der Waals surface area (Å²) in [5.74, 6) is 1.69. The molecule has 2 atom stereocenters. The molecule has 0 aliphatic heterocycles. The Labute approximate surface area is 189 Å². The van der Waals surface area contributed by atoms with Crippen molar-refractivity contribution in [3.8, 4) is 0 Å². The minimum Gasteiger partial charge on any atom is -0.294 e. The van der Waals surface area contributed by atoms with Crippen LogP contribution in [-0.4, -0.2) is 5.78 Å². The second kappa shape index (κ2) is 7.07. The molecule has 3 aromatic carbocycles. The van der Waals surface area contributed by atoms with Gasteiger partial charge in [-0.3, -0.25) is 4.79 Å². The third-order valence-corrected chi connectivity index (χ3v) is 8.49. The lowest BCUT2D eigenvalue weighted by molar-refractivity contribution is -0.141. The zero-order chi connectivity index (χ0) is 21.1. The minimum atomic E-state index is -0.183. The Morgan fingerprint density at radius 3 is 2.32 bits per heavy atom. The highest BCUT2D eigenvalue weighted by Gasteiger charge is 2.60. The Bertz CT molecular complexity index is 1170. The normalized spacial score (nSPS) is 31.5. The predicted molar refractivity (Wildman–Crippen MR) is 128 cm³/mol. The molecule has 7 rings (SSSR count). The van der Waals surface area contributed by atoms with E-state index in [0.29, 0.717) is 17.6 Å². The molecule has 4 aliphatic rings. The number of carbonyl (C=O) groups is 1. The maximum absolute atomic E-state index is 13.7. The second-order valence-electron chi connectivity index (χ2n) is 10.3. The van der Waals surface area contributed by atoms with Crippen LogP contribution in [-0.2, 0) is 10.2 Å². The largest absolute Gasteiger partial charge is 0.294 e. The second-order valence-corrected chi connectivity index (χ2v) is 10.8. The number of hydrogen-bond donors (Lipinski definition) is 0. The van der Waals surface area contributed by atoms with Crippen molar-refractivity contribution in [2.75, 3.05) is 0 Å². The summed E-state index contributed by atoms with van der Waals surface area (Å²) in [6.45, 7) is 0. The van der Waals surface area contributed by atoms with E-state index in [-0.39, 0.29) is 10.8 Å². The van der Waals surface area contributed by atoms with Gasteiger partial charge in [-0.25, -0.2) is 0 Å². The number of allylic oxidation sites excluding steroid dienone is 1. The van der Waals surface area contributed by atoms with Crippen molar-refractivity contribution in [2.45, 2.75) is 43.9 Å². The van der Waals surface area contributed by atoms with E-state index in [2.05, 4.69) is 54.6 Å². The molecule has 0 N–H and O–H groups in total. The molecule has 2 unspecified atom stereocenters. The van der Waals surface area contributed by atoms with Crippen LogP contribution in [0.15, 0.2) is 72.8 Å². The Kier molecular flexibility index (Phi) is 4.40. The molecule has 0 radical (unpaired) electrons. The maximum atomic E-state index is 13.7. The molecule has 0 aromatic heterocycles. The molecular formula is C29H27ClO. The van der Waals surface area contributed by atoms with Gasteiger partial charge >= 0.3 is 0 Å². The first kappa shape index (κ1) is 19.3. The van der Waals surface area contributed by atoms with Crippen LogP contribution < -0.4 is 0 Å². The van der Waals surface area contributed by atoms with E-state index >= 15 is 0 Å². The van der Waals surface area contributed by atoms with Gasteiger partial charge in [-0.05, 0) is 102 Å². The first-order valence-corrected chi connectivity index (χ1v) is 11.9. The summed E-state index contributed by atoms with van der Waals surface area (Å²) in [7, 11) is 0. The fourth-order valence-electron chi connectivity index (χ4n) is 7.35. The predicted octanol–water partition coefficient (Wildman–Crippen LogP) is 7.61. The number of fused-ring (bicyclic) bond motifs is 1. The van der Waals surface area contributed by atoms with Crippen LogP contribution in [0.5, 0.6) is 0 Å². The van der Waals surface area contributed by atoms with Gasteiger partial charge in [0, 0.05) is 10.4 Å². The van der Waals surface area contributed by atoms with Crippen molar-refractivity contribution in [3.63, 3.8) is 0 Å². The van der Waals surface area contributed by atoms with Gasteiger partial charge in [0.1, 0.15) is 0 Å². The molecule has 4 aliphatic carbocycles. The molecular weight excluding hydrogens is 400 g/mol. The van der Waals surface area contributed by atoms with Gasteiger partial charge in [0.25, 0.3) is 0 Å². The van der Waals surface area contributed by atoms with Gasteiger partial charge in [-0.15, -0.1) is 0 Å². The smallest absolute Gasteiger partial charge is 0.161 e. The van der Waals surface area contributed by atoms with E-state index in [0.717, 1.165) is 29.8 Å². The molecule has 0 spiro atoms. The van der Waals surface area contributed by atoms with Crippen molar-refractivity contribution in [2.24, 2.45) is 17.3 Å². The molecule has 4 bridgehead atoms. The van der Waals surface area contributed by atoms with E-state index in [1.54, 1.807) is 0 Å². The van der Waals surface area contributed by atoms with E-state index in [1.807, 2.05) is 24.3 Å². The summed E-state index contributed by atoms with van der Waals surface area (Å²) < 4.78 is 0. The van der Waals surface area contributed by atoms with Crippen LogP contribution in [0.25, 0.3) is 16.8 Å². The minimum absolute atomic E-state index is 0.154. The highest BCUT2D eigenvalue weighted by molar-refractivity contribution is 6.30.